The van der Waals surface area contributed by atoms with Crippen LogP contribution in [0, 0.1) is 5.92 Å². The van der Waals surface area contributed by atoms with Gasteiger partial charge in [-0.25, -0.2) is 0 Å². The SMILES string of the molecule is CCc1cccc(CC)c1NC(N)=NCC(CO)Cc1ccccn1.I. The molecule has 1 heterocycles. The molecule has 0 bridgehead atoms. The molecule has 6 heteroatoms. The standard InChI is InChI=1S/C20H28N4O.HI/c1-3-16-8-7-9-17(4-2)19(16)24-20(21)23-13-15(14-25)12-18-10-5-6-11-22-18;/h5-11,15,25H,3-4,12-14H2,1-2H3,(H3,21,23,24);1H. The minimum atomic E-state index is 0. The van der Waals surface area contributed by atoms with Crippen molar-refractivity contribution in [3.8, 4) is 0 Å². The van der Waals surface area contributed by atoms with E-state index in [2.05, 4.69) is 47.3 Å². The van der Waals surface area contributed by atoms with Crippen LogP contribution in [0.2, 0.25) is 0 Å². The van der Waals surface area contributed by atoms with Gasteiger partial charge in [0.15, 0.2) is 5.96 Å². The monoisotopic (exact) mass is 468 g/mol. The number of aromatic nitrogens is 1. The van der Waals surface area contributed by atoms with E-state index < -0.39 is 0 Å². The van der Waals surface area contributed by atoms with Crippen molar-refractivity contribution in [2.24, 2.45) is 16.6 Å². The maximum atomic E-state index is 9.60. The number of aliphatic hydroxyl groups is 1. The fourth-order valence-electron chi connectivity index (χ4n) is 2.80. The van der Waals surface area contributed by atoms with Crippen molar-refractivity contribution in [3.05, 3.63) is 59.4 Å². The maximum Gasteiger partial charge on any atom is 0.193 e. The number of aliphatic imine (C=N–C) groups is 1. The van der Waals surface area contributed by atoms with E-state index in [0.717, 1.165) is 24.2 Å². The number of nitrogens with zero attached hydrogens (tertiary/aromatic N) is 2. The number of halogens is 1. The summed E-state index contributed by atoms with van der Waals surface area (Å²) in [6.07, 6.45) is 4.31. The van der Waals surface area contributed by atoms with E-state index >= 15 is 0 Å². The van der Waals surface area contributed by atoms with Crippen LogP contribution in [0.3, 0.4) is 0 Å². The zero-order valence-corrected chi connectivity index (χ0v) is 17.8. The Labute approximate surface area is 173 Å². The molecule has 0 radical (unpaired) electrons. The van der Waals surface area contributed by atoms with E-state index in [0.29, 0.717) is 18.9 Å². The largest absolute Gasteiger partial charge is 0.396 e. The van der Waals surface area contributed by atoms with Crippen LogP contribution in [-0.4, -0.2) is 29.2 Å². The molecule has 0 fully saturated rings. The van der Waals surface area contributed by atoms with Crippen molar-refractivity contribution in [2.75, 3.05) is 18.5 Å². The molecule has 0 aliphatic carbocycles. The number of anilines is 1. The quantitative estimate of drug-likeness (QED) is 0.315. The van der Waals surface area contributed by atoms with E-state index in [9.17, 15) is 5.11 Å². The van der Waals surface area contributed by atoms with Gasteiger partial charge in [0, 0.05) is 36.6 Å². The molecule has 1 aromatic heterocycles. The first-order valence-electron chi connectivity index (χ1n) is 8.86. The molecule has 1 aromatic carbocycles. The van der Waals surface area contributed by atoms with Crippen molar-refractivity contribution in [2.45, 2.75) is 33.1 Å². The number of hydrogen-bond donors (Lipinski definition) is 3. The van der Waals surface area contributed by atoms with Crippen LogP contribution >= 0.6 is 24.0 Å². The molecule has 2 rings (SSSR count). The molecular weight excluding hydrogens is 439 g/mol. The highest BCUT2D eigenvalue weighted by Crippen LogP contribution is 2.22. The highest BCUT2D eigenvalue weighted by atomic mass is 127. The smallest absolute Gasteiger partial charge is 0.193 e. The molecule has 0 saturated carbocycles. The second-order valence-electron chi connectivity index (χ2n) is 6.08. The van der Waals surface area contributed by atoms with Crippen molar-refractivity contribution < 1.29 is 5.11 Å². The lowest BCUT2D eigenvalue weighted by molar-refractivity contribution is 0.229. The number of benzene rings is 1. The predicted octanol–water partition coefficient (Wildman–Crippen LogP) is 3.40. The molecule has 0 aliphatic rings. The third kappa shape index (κ3) is 6.57. The van der Waals surface area contributed by atoms with Crippen LogP contribution in [-0.2, 0) is 19.3 Å². The van der Waals surface area contributed by atoms with E-state index in [-0.39, 0.29) is 36.5 Å². The lowest BCUT2D eigenvalue weighted by atomic mass is 10.0. The van der Waals surface area contributed by atoms with Crippen LogP contribution in [0.4, 0.5) is 5.69 Å². The zero-order valence-electron chi connectivity index (χ0n) is 15.5. The van der Waals surface area contributed by atoms with Crippen LogP contribution in [0.25, 0.3) is 0 Å². The molecule has 1 unspecified atom stereocenters. The fraction of sp³-hybridized carbons (Fsp3) is 0.400. The highest BCUT2D eigenvalue weighted by molar-refractivity contribution is 14.0. The Hall–Kier alpha value is -1.67. The molecule has 0 aliphatic heterocycles. The first-order valence-corrected chi connectivity index (χ1v) is 8.86. The second-order valence-corrected chi connectivity index (χ2v) is 6.08. The summed E-state index contributed by atoms with van der Waals surface area (Å²) in [7, 11) is 0. The molecule has 2 aromatic rings. The third-order valence-electron chi connectivity index (χ3n) is 4.25. The first-order chi connectivity index (χ1) is 12.2. The van der Waals surface area contributed by atoms with E-state index in [1.54, 1.807) is 6.20 Å². The summed E-state index contributed by atoms with van der Waals surface area (Å²) in [4.78, 5) is 8.73. The Morgan fingerprint density at radius 3 is 2.38 bits per heavy atom. The van der Waals surface area contributed by atoms with Crippen LogP contribution in [0.1, 0.15) is 30.7 Å². The van der Waals surface area contributed by atoms with Gasteiger partial charge >= 0.3 is 0 Å². The molecule has 1 atom stereocenters. The highest BCUT2D eigenvalue weighted by Gasteiger charge is 2.10. The normalized spacial score (nSPS) is 12.3. The van der Waals surface area contributed by atoms with Crippen LogP contribution < -0.4 is 11.1 Å². The zero-order chi connectivity index (χ0) is 18.1. The molecular formula is C20H29IN4O. The number of para-hydroxylation sites is 1. The van der Waals surface area contributed by atoms with Gasteiger partial charge < -0.3 is 16.2 Å². The van der Waals surface area contributed by atoms with Crippen LogP contribution in [0.5, 0.6) is 0 Å². The minimum absolute atomic E-state index is 0. The Kier molecular flexibility index (Phi) is 10.2. The molecule has 0 saturated heterocycles. The van der Waals surface area contributed by atoms with Gasteiger partial charge in [0.25, 0.3) is 0 Å². The third-order valence-corrected chi connectivity index (χ3v) is 4.25. The number of rotatable bonds is 8. The number of guanidine groups is 1. The second kappa shape index (κ2) is 11.9. The van der Waals surface area contributed by atoms with Gasteiger partial charge in [-0.1, -0.05) is 38.1 Å². The predicted molar refractivity (Wildman–Crippen MR) is 119 cm³/mol. The van der Waals surface area contributed by atoms with E-state index in [1.807, 2.05) is 18.2 Å². The molecule has 0 spiro atoms. The minimum Gasteiger partial charge on any atom is -0.396 e. The average molecular weight is 468 g/mol. The topological polar surface area (TPSA) is 83.5 Å². The lowest BCUT2D eigenvalue weighted by Crippen LogP contribution is -2.26. The number of aryl methyl sites for hydroxylation is 2. The number of pyridine rings is 1. The van der Waals surface area contributed by atoms with Crippen LogP contribution in [0.15, 0.2) is 47.6 Å². The van der Waals surface area contributed by atoms with Crippen molar-refractivity contribution in [3.63, 3.8) is 0 Å². The summed E-state index contributed by atoms with van der Waals surface area (Å²) in [5, 5.41) is 12.9. The number of aliphatic hydroxyl groups excluding tert-OH is 1. The van der Waals surface area contributed by atoms with Crippen molar-refractivity contribution in [1.82, 2.24) is 4.98 Å². The van der Waals surface area contributed by atoms with E-state index in [4.69, 9.17) is 5.73 Å². The Bertz CT molecular complexity index is 669. The van der Waals surface area contributed by atoms with Gasteiger partial charge in [0.2, 0.25) is 0 Å². The molecule has 5 nitrogen and oxygen atoms in total. The van der Waals surface area contributed by atoms with Gasteiger partial charge in [-0.05, 0) is 42.5 Å². The first kappa shape index (κ1) is 22.4. The van der Waals surface area contributed by atoms with Gasteiger partial charge in [0.1, 0.15) is 0 Å². The molecule has 0 amide bonds. The summed E-state index contributed by atoms with van der Waals surface area (Å²) < 4.78 is 0. The van der Waals surface area contributed by atoms with E-state index in [1.165, 1.54) is 11.1 Å². The Balaban J connectivity index is 0.00000338. The summed E-state index contributed by atoms with van der Waals surface area (Å²) in [5.74, 6) is 0.386. The summed E-state index contributed by atoms with van der Waals surface area (Å²) >= 11 is 0. The number of hydrogen-bond acceptors (Lipinski definition) is 3. The number of nitrogens with one attached hydrogen (secondary N) is 1. The summed E-state index contributed by atoms with van der Waals surface area (Å²) in [5.41, 5.74) is 10.6. The summed E-state index contributed by atoms with van der Waals surface area (Å²) in [6, 6.07) is 12.1. The van der Waals surface area contributed by atoms with Gasteiger partial charge in [-0.3, -0.25) is 9.98 Å². The molecule has 4 N–H and O–H groups in total. The van der Waals surface area contributed by atoms with Gasteiger partial charge in [-0.15, -0.1) is 24.0 Å². The fourth-order valence-corrected chi connectivity index (χ4v) is 2.80. The Morgan fingerprint density at radius 2 is 1.85 bits per heavy atom. The molecule has 142 valence electrons. The van der Waals surface area contributed by atoms with Gasteiger partial charge in [-0.2, -0.15) is 0 Å². The lowest BCUT2D eigenvalue weighted by Gasteiger charge is -2.16. The summed E-state index contributed by atoms with van der Waals surface area (Å²) in [6.45, 7) is 4.77. The average Bonchev–Trinajstić information content (AvgIpc) is 2.66. The maximum absolute atomic E-state index is 9.60. The van der Waals surface area contributed by atoms with Gasteiger partial charge in [0.05, 0.1) is 0 Å². The van der Waals surface area contributed by atoms with Crippen molar-refractivity contribution in [1.29, 1.82) is 0 Å². The number of nitrogens with two attached hydrogens (primary N) is 1. The van der Waals surface area contributed by atoms with Crippen molar-refractivity contribution >= 4 is 35.6 Å². The molecule has 26 heavy (non-hydrogen) atoms. The Morgan fingerprint density at radius 1 is 1.15 bits per heavy atom.